The highest BCUT2D eigenvalue weighted by Crippen LogP contribution is 2.30. The Morgan fingerprint density at radius 2 is 1.43 bits per heavy atom. The van der Waals surface area contributed by atoms with Gasteiger partial charge in [0.1, 0.15) is 5.75 Å². The summed E-state index contributed by atoms with van der Waals surface area (Å²) in [5.41, 5.74) is 5.13. The van der Waals surface area contributed by atoms with E-state index in [0.717, 1.165) is 21.9 Å². The van der Waals surface area contributed by atoms with E-state index in [1.54, 1.807) is 24.3 Å². The van der Waals surface area contributed by atoms with Crippen molar-refractivity contribution in [2.45, 2.75) is 17.7 Å². The highest BCUT2D eigenvalue weighted by Gasteiger charge is 2.27. The number of hydrazone groups is 1. The Balaban J connectivity index is 1.31. The van der Waals surface area contributed by atoms with Crippen molar-refractivity contribution >= 4 is 28.1 Å². The Morgan fingerprint density at radius 1 is 0.787 bits per heavy atom. The summed E-state index contributed by atoms with van der Waals surface area (Å²) in [5, 5.41) is 6.82. The second-order valence-corrected chi connectivity index (χ2v) is 12.3. The normalized spacial score (nSPS) is 11.3. The first-order valence-electron chi connectivity index (χ1n) is 14.9. The molecule has 0 unspecified atom stereocenters. The van der Waals surface area contributed by atoms with Gasteiger partial charge >= 0.3 is 0 Å². The van der Waals surface area contributed by atoms with Gasteiger partial charge in [0.25, 0.3) is 11.8 Å². The summed E-state index contributed by atoms with van der Waals surface area (Å²) in [6, 6.07) is 30.4. The summed E-state index contributed by atoms with van der Waals surface area (Å²) < 4.78 is 44.5. The summed E-state index contributed by atoms with van der Waals surface area (Å²) in [4.78, 5) is 25.0. The molecule has 0 fully saturated rings. The van der Waals surface area contributed by atoms with Gasteiger partial charge in [-0.3, -0.25) is 9.59 Å². The van der Waals surface area contributed by atoms with E-state index in [4.69, 9.17) is 14.2 Å². The molecule has 0 aliphatic heterocycles. The minimum absolute atomic E-state index is 0.0357. The van der Waals surface area contributed by atoms with Crippen molar-refractivity contribution in [3.63, 3.8) is 0 Å². The maximum Gasteiger partial charge on any atom is 0.257 e. The molecule has 0 aliphatic rings. The lowest BCUT2D eigenvalue weighted by Gasteiger charge is -2.22. The molecule has 0 saturated heterocycles. The molecule has 4 aromatic rings. The molecule has 0 aliphatic carbocycles. The highest BCUT2D eigenvalue weighted by atomic mass is 32.2. The third kappa shape index (κ3) is 10.7. The molecule has 4 aromatic carbocycles. The van der Waals surface area contributed by atoms with Gasteiger partial charge in [0.05, 0.1) is 31.9 Å². The van der Waals surface area contributed by atoms with Gasteiger partial charge in [-0.1, -0.05) is 60.7 Å². The maximum atomic E-state index is 13.7. The minimum atomic E-state index is -4.09. The Hall–Kier alpha value is -5.20. The van der Waals surface area contributed by atoms with Gasteiger partial charge in [0.2, 0.25) is 10.0 Å². The van der Waals surface area contributed by atoms with Gasteiger partial charge in [-0.05, 0) is 65.9 Å². The molecule has 0 bridgehead atoms. The molecular formula is C35H38N4O7S. The number of amides is 2. The van der Waals surface area contributed by atoms with Crippen LogP contribution in [0.3, 0.4) is 0 Å². The van der Waals surface area contributed by atoms with Gasteiger partial charge in [-0.2, -0.15) is 9.41 Å². The van der Waals surface area contributed by atoms with Crippen LogP contribution in [0.5, 0.6) is 17.2 Å². The number of sulfonamides is 1. The van der Waals surface area contributed by atoms with Crippen molar-refractivity contribution in [1.82, 2.24) is 15.0 Å². The Kier molecular flexibility index (Phi) is 12.9. The third-order valence-corrected chi connectivity index (χ3v) is 8.88. The van der Waals surface area contributed by atoms with E-state index in [0.29, 0.717) is 30.0 Å². The number of nitrogens with one attached hydrogen (secondary N) is 2. The molecule has 0 radical (unpaired) electrons. The van der Waals surface area contributed by atoms with E-state index in [1.807, 2.05) is 60.7 Å². The van der Waals surface area contributed by atoms with Crippen molar-refractivity contribution in [1.29, 1.82) is 0 Å². The van der Waals surface area contributed by atoms with Gasteiger partial charge in [0, 0.05) is 19.2 Å². The van der Waals surface area contributed by atoms with Crippen LogP contribution in [0.4, 0.5) is 0 Å². The molecule has 11 nitrogen and oxygen atoms in total. The molecule has 0 spiro atoms. The van der Waals surface area contributed by atoms with Crippen LogP contribution in [0.25, 0.3) is 0 Å². The second-order valence-electron chi connectivity index (χ2n) is 10.3. The standard InChI is InChI=1S/C35H38N4O7S/c1-44-32-18-17-31(23-33(32)45-2)47(42,43)39(22-20-28-11-7-4-8-12-28)25-34(40)38-37-24-29-13-15-30(16-14-29)46-26-35(41)36-21-19-27-9-5-3-6-10-27/h3-18,23-24H,19-22,25-26H2,1-2H3,(H,36,41)(H,38,40)/b37-24+. The molecule has 47 heavy (non-hydrogen) atoms. The number of nitrogens with zero attached hydrogens (tertiary/aromatic N) is 2. The Labute approximate surface area is 275 Å². The topological polar surface area (TPSA) is 136 Å². The number of benzene rings is 4. The number of hydrogen-bond acceptors (Lipinski definition) is 8. The van der Waals surface area contributed by atoms with Crippen molar-refractivity contribution in [3.05, 3.63) is 120 Å². The number of ether oxygens (including phenoxy) is 3. The summed E-state index contributed by atoms with van der Waals surface area (Å²) in [6.07, 6.45) is 2.55. The van der Waals surface area contributed by atoms with E-state index < -0.39 is 22.5 Å². The highest BCUT2D eigenvalue weighted by molar-refractivity contribution is 7.89. The molecule has 2 N–H and O–H groups in total. The SMILES string of the molecule is COc1ccc(S(=O)(=O)N(CCc2ccccc2)CC(=O)N/N=C/c2ccc(OCC(=O)NCCc3ccccc3)cc2)cc1OC. The first-order valence-corrected chi connectivity index (χ1v) is 16.3. The van der Waals surface area contributed by atoms with Gasteiger partial charge in [0.15, 0.2) is 18.1 Å². The van der Waals surface area contributed by atoms with Crippen molar-refractivity contribution < 1.29 is 32.2 Å². The average molecular weight is 659 g/mol. The van der Waals surface area contributed by atoms with Crippen LogP contribution in [0.2, 0.25) is 0 Å². The first-order chi connectivity index (χ1) is 22.8. The Morgan fingerprint density at radius 3 is 2.06 bits per heavy atom. The van der Waals surface area contributed by atoms with Crippen molar-refractivity contribution in [3.8, 4) is 17.2 Å². The summed E-state index contributed by atoms with van der Waals surface area (Å²) in [7, 11) is -1.22. The lowest BCUT2D eigenvalue weighted by Crippen LogP contribution is -2.40. The zero-order valence-corrected chi connectivity index (χ0v) is 27.1. The molecule has 0 aromatic heterocycles. The molecule has 0 atom stereocenters. The van der Waals surface area contributed by atoms with Gasteiger partial charge < -0.3 is 19.5 Å². The smallest absolute Gasteiger partial charge is 0.257 e. The molecule has 4 rings (SSSR count). The molecule has 246 valence electrons. The van der Waals surface area contributed by atoms with Crippen LogP contribution in [0.1, 0.15) is 16.7 Å². The number of carbonyl (C=O) groups is 2. The fourth-order valence-electron chi connectivity index (χ4n) is 4.52. The van der Waals surface area contributed by atoms with Gasteiger partial charge in [-0.25, -0.2) is 13.8 Å². The predicted octanol–water partition coefficient (Wildman–Crippen LogP) is 3.83. The van der Waals surface area contributed by atoms with Crippen LogP contribution < -0.4 is 25.0 Å². The fourth-order valence-corrected chi connectivity index (χ4v) is 5.94. The number of carbonyl (C=O) groups excluding carboxylic acids is 2. The lowest BCUT2D eigenvalue weighted by atomic mass is 10.1. The van der Waals surface area contributed by atoms with Crippen LogP contribution in [0.15, 0.2) is 113 Å². The minimum Gasteiger partial charge on any atom is -0.493 e. The Bertz CT molecular complexity index is 1730. The van der Waals surface area contributed by atoms with Crippen molar-refractivity contribution in [2.24, 2.45) is 5.10 Å². The van der Waals surface area contributed by atoms with Crippen LogP contribution in [-0.2, 0) is 32.5 Å². The monoisotopic (exact) mass is 658 g/mol. The van der Waals surface area contributed by atoms with Gasteiger partial charge in [-0.15, -0.1) is 0 Å². The van der Waals surface area contributed by atoms with Crippen LogP contribution in [-0.4, -0.2) is 71.2 Å². The maximum absolute atomic E-state index is 13.7. The van der Waals surface area contributed by atoms with Crippen LogP contribution in [0, 0.1) is 0 Å². The molecule has 0 saturated carbocycles. The zero-order valence-electron chi connectivity index (χ0n) is 26.3. The van der Waals surface area contributed by atoms with E-state index in [9.17, 15) is 18.0 Å². The number of methoxy groups -OCH3 is 2. The lowest BCUT2D eigenvalue weighted by molar-refractivity contribution is -0.123. The number of hydrogen-bond donors (Lipinski definition) is 2. The second kappa shape index (κ2) is 17.5. The summed E-state index contributed by atoms with van der Waals surface area (Å²) in [5.74, 6) is 0.300. The zero-order chi connectivity index (χ0) is 33.5. The van der Waals surface area contributed by atoms with E-state index in [1.165, 1.54) is 38.6 Å². The largest absolute Gasteiger partial charge is 0.493 e. The van der Waals surface area contributed by atoms with Crippen LogP contribution >= 0.6 is 0 Å². The fraction of sp³-hybridized carbons (Fsp3) is 0.229. The third-order valence-electron chi connectivity index (χ3n) is 7.04. The summed E-state index contributed by atoms with van der Waals surface area (Å²) in [6.45, 7) is -0.00305. The number of rotatable bonds is 17. The molecule has 0 heterocycles. The predicted molar refractivity (Wildman–Crippen MR) is 179 cm³/mol. The van der Waals surface area contributed by atoms with E-state index in [-0.39, 0.29) is 29.7 Å². The average Bonchev–Trinajstić information content (AvgIpc) is 3.10. The van der Waals surface area contributed by atoms with Crippen molar-refractivity contribution in [2.75, 3.05) is 40.5 Å². The summed E-state index contributed by atoms with van der Waals surface area (Å²) >= 11 is 0. The van der Waals surface area contributed by atoms with E-state index >= 15 is 0 Å². The molecule has 2 amide bonds. The quantitative estimate of drug-likeness (QED) is 0.130. The van der Waals surface area contributed by atoms with E-state index in [2.05, 4.69) is 15.8 Å². The first kappa shape index (κ1) is 34.7. The molecular weight excluding hydrogens is 620 g/mol. The molecule has 12 heteroatoms.